The third-order valence-corrected chi connectivity index (χ3v) is 6.98. The normalized spacial score (nSPS) is 20.1. The first-order valence-electron chi connectivity index (χ1n) is 9.08. The number of rotatable bonds is 5. The Hall–Kier alpha value is -2.42. The molecular formula is C20H20ClFN4O2S. The highest BCUT2D eigenvalue weighted by atomic mass is 35.5. The van der Waals surface area contributed by atoms with Gasteiger partial charge in [0.05, 0.1) is 6.33 Å². The summed E-state index contributed by atoms with van der Waals surface area (Å²) in [6.45, 7) is 0.452. The molecule has 2 aromatic carbocycles. The molecular weight excluding hydrogens is 415 g/mol. The van der Waals surface area contributed by atoms with Gasteiger partial charge in [-0.25, -0.2) is 17.8 Å². The molecule has 0 spiro atoms. The molecule has 1 fully saturated rings. The van der Waals surface area contributed by atoms with Gasteiger partial charge in [-0.05, 0) is 35.9 Å². The van der Waals surface area contributed by atoms with E-state index in [1.165, 1.54) is 29.0 Å². The highest BCUT2D eigenvalue weighted by Crippen LogP contribution is 2.33. The van der Waals surface area contributed by atoms with Crippen molar-refractivity contribution in [2.75, 3.05) is 18.4 Å². The molecule has 0 unspecified atom stereocenters. The largest absolute Gasteiger partial charge is 0.380 e. The fourth-order valence-electron chi connectivity index (χ4n) is 3.63. The maximum absolute atomic E-state index is 13.8. The molecule has 9 heteroatoms. The molecule has 0 aliphatic carbocycles. The SMILES string of the molecule is Cn1cnc(S(=O)(=O)N2C[C@@H](Nc3cccc(Cl)c3)[C@H](c3cccc(F)c3)C2)c1. The summed E-state index contributed by atoms with van der Waals surface area (Å²) in [6, 6.07) is 13.3. The van der Waals surface area contributed by atoms with Crippen molar-refractivity contribution in [2.24, 2.45) is 7.05 Å². The van der Waals surface area contributed by atoms with Crippen LogP contribution in [0.2, 0.25) is 5.02 Å². The molecule has 0 saturated carbocycles. The van der Waals surface area contributed by atoms with Crippen LogP contribution in [0.3, 0.4) is 0 Å². The van der Waals surface area contributed by atoms with E-state index in [0.29, 0.717) is 5.02 Å². The number of aryl methyl sites for hydroxylation is 1. The second kappa shape index (κ2) is 7.78. The standard InChI is InChI=1S/C20H20ClFN4O2S/c1-25-12-20(23-13-25)29(27,28)26-10-18(14-4-2-6-16(22)8-14)19(11-26)24-17-7-3-5-15(21)9-17/h2-9,12-13,18-19,24H,10-11H2,1H3/t18-,19+/m0/s1. The van der Waals surface area contributed by atoms with E-state index >= 15 is 0 Å². The van der Waals surface area contributed by atoms with Crippen LogP contribution >= 0.6 is 11.6 Å². The number of halogens is 2. The Bertz CT molecular complexity index is 1130. The number of hydrogen-bond acceptors (Lipinski definition) is 4. The molecule has 0 radical (unpaired) electrons. The van der Waals surface area contributed by atoms with Crippen LogP contribution in [-0.4, -0.2) is 41.4 Å². The smallest absolute Gasteiger partial charge is 0.262 e. The topological polar surface area (TPSA) is 67.2 Å². The maximum atomic E-state index is 13.8. The molecule has 6 nitrogen and oxygen atoms in total. The lowest BCUT2D eigenvalue weighted by molar-refractivity contribution is 0.468. The third kappa shape index (κ3) is 4.14. The van der Waals surface area contributed by atoms with Crippen LogP contribution in [0.25, 0.3) is 0 Å². The highest BCUT2D eigenvalue weighted by molar-refractivity contribution is 7.89. The van der Waals surface area contributed by atoms with Crippen LogP contribution in [0, 0.1) is 5.82 Å². The van der Waals surface area contributed by atoms with Crippen LogP contribution in [0.5, 0.6) is 0 Å². The Morgan fingerprint density at radius 3 is 2.66 bits per heavy atom. The minimum atomic E-state index is -3.76. The highest BCUT2D eigenvalue weighted by Gasteiger charge is 2.41. The third-order valence-electron chi connectivity index (χ3n) is 5.03. The lowest BCUT2D eigenvalue weighted by Crippen LogP contribution is -2.32. The Labute approximate surface area is 174 Å². The summed E-state index contributed by atoms with van der Waals surface area (Å²) in [5.41, 5.74) is 1.52. The van der Waals surface area contributed by atoms with Crippen molar-refractivity contribution in [2.45, 2.75) is 17.0 Å². The summed E-state index contributed by atoms with van der Waals surface area (Å²) in [4.78, 5) is 4.00. The van der Waals surface area contributed by atoms with E-state index < -0.39 is 10.0 Å². The number of sulfonamides is 1. The number of aromatic nitrogens is 2. The van der Waals surface area contributed by atoms with Gasteiger partial charge in [0.25, 0.3) is 10.0 Å². The Morgan fingerprint density at radius 1 is 1.17 bits per heavy atom. The van der Waals surface area contributed by atoms with Gasteiger partial charge < -0.3 is 9.88 Å². The second-order valence-corrected chi connectivity index (χ2v) is 9.44. The zero-order valence-electron chi connectivity index (χ0n) is 15.7. The van der Waals surface area contributed by atoms with E-state index in [0.717, 1.165) is 11.3 Å². The molecule has 152 valence electrons. The van der Waals surface area contributed by atoms with Crippen LogP contribution in [-0.2, 0) is 17.1 Å². The molecule has 4 rings (SSSR count). The predicted molar refractivity (Wildman–Crippen MR) is 110 cm³/mol. The number of imidazole rings is 1. The van der Waals surface area contributed by atoms with Crippen molar-refractivity contribution < 1.29 is 12.8 Å². The van der Waals surface area contributed by atoms with Crippen molar-refractivity contribution in [3.63, 3.8) is 0 Å². The molecule has 1 N–H and O–H groups in total. The molecule has 1 aliphatic heterocycles. The summed E-state index contributed by atoms with van der Waals surface area (Å²) < 4.78 is 43.0. The molecule has 0 amide bonds. The van der Waals surface area contributed by atoms with Gasteiger partial charge in [-0.3, -0.25) is 0 Å². The van der Waals surface area contributed by atoms with Gasteiger partial charge in [-0.15, -0.1) is 0 Å². The van der Waals surface area contributed by atoms with E-state index in [4.69, 9.17) is 11.6 Å². The Kier molecular flexibility index (Phi) is 5.33. The van der Waals surface area contributed by atoms with Gasteiger partial charge in [0.1, 0.15) is 5.82 Å². The summed E-state index contributed by atoms with van der Waals surface area (Å²) >= 11 is 6.08. The van der Waals surface area contributed by atoms with E-state index in [-0.39, 0.29) is 35.9 Å². The van der Waals surface area contributed by atoms with Gasteiger partial charge in [-0.2, -0.15) is 4.31 Å². The van der Waals surface area contributed by atoms with E-state index in [1.54, 1.807) is 29.8 Å². The van der Waals surface area contributed by atoms with Gasteiger partial charge in [0.2, 0.25) is 0 Å². The van der Waals surface area contributed by atoms with Gasteiger partial charge in [-0.1, -0.05) is 29.8 Å². The quantitative estimate of drug-likeness (QED) is 0.667. The van der Waals surface area contributed by atoms with Crippen molar-refractivity contribution in [1.82, 2.24) is 13.9 Å². The average molecular weight is 435 g/mol. The zero-order chi connectivity index (χ0) is 20.6. The number of anilines is 1. The molecule has 3 aromatic rings. The minimum Gasteiger partial charge on any atom is -0.380 e. The van der Waals surface area contributed by atoms with Crippen LogP contribution in [0.4, 0.5) is 10.1 Å². The molecule has 2 atom stereocenters. The maximum Gasteiger partial charge on any atom is 0.262 e. The first-order valence-corrected chi connectivity index (χ1v) is 10.9. The fraction of sp³-hybridized carbons (Fsp3) is 0.250. The summed E-state index contributed by atoms with van der Waals surface area (Å²) in [5, 5.41) is 3.95. The van der Waals surface area contributed by atoms with Gasteiger partial charge in [0, 0.05) is 49.0 Å². The van der Waals surface area contributed by atoms with Crippen molar-refractivity contribution in [3.8, 4) is 0 Å². The molecule has 0 bridgehead atoms. The summed E-state index contributed by atoms with van der Waals surface area (Å²) in [5.74, 6) is -0.585. The van der Waals surface area contributed by atoms with Crippen LogP contribution in [0.1, 0.15) is 11.5 Å². The van der Waals surface area contributed by atoms with Crippen molar-refractivity contribution in [3.05, 3.63) is 77.5 Å². The van der Waals surface area contributed by atoms with E-state index in [9.17, 15) is 12.8 Å². The monoisotopic (exact) mass is 434 g/mol. The van der Waals surface area contributed by atoms with E-state index in [1.807, 2.05) is 18.2 Å². The minimum absolute atomic E-state index is 0.00129. The number of hydrogen-bond donors (Lipinski definition) is 1. The first-order chi connectivity index (χ1) is 13.8. The van der Waals surface area contributed by atoms with Gasteiger partial charge >= 0.3 is 0 Å². The Morgan fingerprint density at radius 2 is 1.97 bits per heavy atom. The number of nitrogens with one attached hydrogen (secondary N) is 1. The predicted octanol–water partition coefficient (Wildman–Crippen LogP) is 3.48. The zero-order valence-corrected chi connectivity index (χ0v) is 17.2. The molecule has 29 heavy (non-hydrogen) atoms. The second-order valence-electron chi connectivity index (χ2n) is 7.12. The van der Waals surface area contributed by atoms with Crippen LogP contribution < -0.4 is 5.32 Å². The number of nitrogens with zero attached hydrogens (tertiary/aromatic N) is 3. The van der Waals surface area contributed by atoms with E-state index in [2.05, 4.69) is 10.3 Å². The number of benzene rings is 2. The average Bonchev–Trinajstić information content (AvgIpc) is 3.29. The lowest BCUT2D eigenvalue weighted by atomic mass is 9.94. The summed E-state index contributed by atoms with van der Waals surface area (Å²) in [7, 11) is -2.04. The van der Waals surface area contributed by atoms with Gasteiger partial charge in [0.15, 0.2) is 5.03 Å². The lowest BCUT2D eigenvalue weighted by Gasteiger charge is -2.21. The van der Waals surface area contributed by atoms with Crippen molar-refractivity contribution in [1.29, 1.82) is 0 Å². The summed E-state index contributed by atoms with van der Waals surface area (Å²) in [6.07, 6.45) is 2.93. The molecule has 1 aromatic heterocycles. The van der Waals surface area contributed by atoms with Crippen molar-refractivity contribution >= 4 is 27.3 Å². The van der Waals surface area contributed by atoms with Crippen LogP contribution in [0.15, 0.2) is 66.1 Å². The first kappa shape index (κ1) is 19.9. The molecule has 1 saturated heterocycles. The fourth-order valence-corrected chi connectivity index (χ4v) is 5.28. The molecule has 1 aliphatic rings. The Balaban J connectivity index is 1.67. The molecule has 2 heterocycles.